The fourth-order valence-electron chi connectivity index (χ4n) is 3.95. The van der Waals surface area contributed by atoms with Crippen molar-refractivity contribution in [1.82, 2.24) is 14.7 Å². The van der Waals surface area contributed by atoms with Crippen LogP contribution in [0.4, 0.5) is 13.2 Å². The first-order chi connectivity index (χ1) is 17.8. The molecule has 1 saturated heterocycles. The Hall–Kier alpha value is -3.47. The van der Waals surface area contributed by atoms with E-state index in [1.54, 1.807) is 42.5 Å². The van der Waals surface area contributed by atoms with Crippen molar-refractivity contribution in [2.24, 2.45) is 0 Å². The van der Waals surface area contributed by atoms with E-state index >= 15 is 0 Å². The first-order valence-corrected chi connectivity index (χ1v) is 13.1. The maximum absolute atomic E-state index is 12.8. The average molecular weight is 553 g/mol. The van der Waals surface area contributed by atoms with Crippen molar-refractivity contribution >= 4 is 21.9 Å². The van der Waals surface area contributed by atoms with Crippen LogP contribution in [0, 0.1) is 11.3 Å². The van der Waals surface area contributed by atoms with Gasteiger partial charge in [-0.15, -0.1) is 5.06 Å². The number of carbonyl (C=O) groups is 2. The van der Waals surface area contributed by atoms with E-state index in [2.05, 4.69) is 10.2 Å². The molecular formula is C25H27F3N4O5S. The van der Waals surface area contributed by atoms with Crippen molar-refractivity contribution in [3.8, 4) is 17.2 Å². The highest BCUT2D eigenvalue weighted by atomic mass is 32.2. The Morgan fingerprint density at radius 2 is 1.84 bits per heavy atom. The second kappa shape index (κ2) is 11.9. The fraction of sp³-hybridized carbons (Fsp3) is 0.400. The van der Waals surface area contributed by atoms with Crippen LogP contribution in [0.3, 0.4) is 0 Å². The maximum Gasteiger partial charge on any atom is 0.492 e. The maximum atomic E-state index is 12.8. The van der Waals surface area contributed by atoms with E-state index in [1.807, 2.05) is 6.07 Å². The molecule has 2 atom stereocenters. The van der Waals surface area contributed by atoms with Gasteiger partial charge >= 0.3 is 12.1 Å². The zero-order chi connectivity index (χ0) is 28.1. The van der Waals surface area contributed by atoms with Gasteiger partial charge in [0.1, 0.15) is 12.1 Å². The Morgan fingerprint density at radius 1 is 1.16 bits per heavy atom. The van der Waals surface area contributed by atoms with Gasteiger partial charge in [-0.25, -0.2) is 17.5 Å². The van der Waals surface area contributed by atoms with Crippen molar-refractivity contribution in [3.63, 3.8) is 0 Å². The largest absolute Gasteiger partial charge is 0.492 e. The molecule has 0 radical (unpaired) electrons. The van der Waals surface area contributed by atoms with Gasteiger partial charge in [0.05, 0.1) is 11.0 Å². The van der Waals surface area contributed by atoms with Crippen molar-refractivity contribution in [1.29, 1.82) is 5.26 Å². The number of hydrogen-bond acceptors (Lipinski definition) is 7. The summed E-state index contributed by atoms with van der Waals surface area (Å²) in [7, 11) is -0.711. The van der Waals surface area contributed by atoms with Gasteiger partial charge in [0.15, 0.2) is 0 Å². The Bertz CT molecular complexity index is 1310. The molecule has 0 unspecified atom stereocenters. The molecule has 0 aromatic heterocycles. The number of alkyl halides is 3. The van der Waals surface area contributed by atoms with Crippen molar-refractivity contribution in [2.75, 3.05) is 20.6 Å². The standard InChI is InChI=1S/C25H27F3N4O5S/c1-31(2)38(35,36)21-7-5-6-19(15-21)18-11-9-17(10-12-18)14-20(16-29)30-23(33)22-8-3-4-13-32(22)37-24(34)25(26,27)28/h5-7,9-12,15,20,22H,3-4,8,13-14H2,1-2H3,(H,30,33)/t20-,22-/m0/s1. The third-order valence-electron chi connectivity index (χ3n) is 6.00. The predicted molar refractivity (Wildman–Crippen MR) is 130 cm³/mol. The number of hydrogen-bond donors (Lipinski definition) is 1. The highest BCUT2D eigenvalue weighted by molar-refractivity contribution is 7.89. The summed E-state index contributed by atoms with van der Waals surface area (Å²) < 4.78 is 63.8. The third kappa shape index (κ3) is 7.09. The number of amides is 1. The van der Waals surface area contributed by atoms with Crippen LogP contribution in [0.5, 0.6) is 0 Å². The summed E-state index contributed by atoms with van der Waals surface area (Å²) in [6.45, 7) is -0.0321. The van der Waals surface area contributed by atoms with E-state index in [-0.39, 0.29) is 24.3 Å². The van der Waals surface area contributed by atoms with E-state index in [4.69, 9.17) is 0 Å². The second-order valence-corrected chi connectivity index (χ2v) is 11.1. The monoisotopic (exact) mass is 552 g/mol. The molecule has 38 heavy (non-hydrogen) atoms. The van der Waals surface area contributed by atoms with Crippen LogP contribution in [0.15, 0.2) is 53.4 Å². The topological polar surface area (TPSA) is 120 Å². The third-order valence-corrected chi connectivity index (χ3v) is 7.81. The Kier molecular flexibility index (Phi) is 9.14. The van der Waals surface area contributed by atoms with Gasteiger partial charge in [-0.1, -0.05) is 36.4 Å². The van der Waals surface area contributed by atoms with E-state index in [1.165, 1.54) is 20.2 Å². The highest BCUT2D eigenvalue weighted by Gasteiger charge is 2.44. The molecule has 1 fully saturated rings. The van der Waals surface area contributed by atoms with E-state index < -0.39 is 40.2 Å². The molecule has 0 bridgehead atoms. The number of rotatable bonds is 8. The van der Waals surface area contributed by atoms with E-state index in [0.29, 0.717) is 24.0 Å². The molecule has 1 amide bonds. The minimum atomic E-state index is -5.19. The fourth-order valence-corrected chi connectivity index (χ4v) is 4.90. The summed E-state index contributed by atoms with van der Waals surface area (Å²) in [4.78, 5) is 28.6. The van der Waals surface area contributed by atoms with Gasteiger partial charge in [-0.2, -0.15) is 18.4 Å². The van der Waals surface area contributed by atoms with Crippen LogP contribution in [-0.2, 0) is 30.9 Å². The summed E-state index contributed by atoms with van der Waals surface area (Å²) in [5.41, 5.74) is 2.11. The smallest absolute Gasteiger partial charge is 0.360 e. The SMILES string of the molecule is CN(C)S(=O)(=O)c1cccc(-c2ccc(C[C@@H](C#N)NC(=O)[C@@H]3CCCCN3OC(=O)C(F)(F)F)cc2)c1. The lowest BCUT2D eigenvalue weighted by atomic mass is 10.00. The van der Waals surface area contributed by atoms with Crippen LogP contribution in [0.2, 0.25) is 0 Å². The number of nitrogens with one attached hydrogen (secondary N) is 1. The van der Waals surface area contributed by atoms with Crippen LogP contribution in [-0.4, -0.2) is 68.6 Å². The Balaban J connectivity index is 1.67. The van der Waals surface area contributed by atoms with Crippen LogP contribution in [0.1, 0.15) is 24.8 Å². The number of benzene rings is 2. The molecule has 2 aromatic carbocycles. The van der Waals surface area contributed by atoms with Gasteiger partial charge in [0.25, 0.3) is 0 Å². The molecule has 0 spiro atoms. The number of halogens is 3. The first-order valence-electron chi connectivity index (χ1n) is 11.7. The molecule has 2 aromatic rings. The normalized spacial score (nSPS) is 17.4. The van der Waals surface area contributed by atoms with Gasteiger partial charge in [-0.05, 0) is 48.1 Å². The second-order valence-electron chi connectivity index (χ2n) is 8.94. The zero-order valence-electron chi connectivity index (χ0n) is 20.7. The zero-order valence-corrected chi connectivity index (χ0v) is 21.6. The number of carbonyl (C=O) groups excluding carboxylic acids is 2. The van der Waals surface area contributed by atoms with Crippen LogP contribution < -0.4 is 5.32 Å². The van der Waals surface area contributed by atoms with Gasteiger partial charge < -0.3 is 10.2 Å². The van der Waals surface area contributed by atoms with E-state index in [0.717, 1.165) is 14.9 Å². The number of sulfonamides is 1. The molecule has 1 aliphatic heterocycles. The molecule has 204 valence electrons. The summed E-state index contributed by atoms with van der Waals surface area (Å²) in [5, 5.41) is 12.8. The van der Waals surface area contributed by atoms with Crippen LogP contribution in [0.25, 0.3) is 11.1 Å². The van der Waals surface area contributed by atoms with E-state index in [9.17, 15) is 36.4 Å². The molecule has 0 aliphatic carbocycles. The highest BCUT2D eigenvalue weighted by Crippen LogP contribution is 2.25. The van der Waals surface area contributed by atoms with Gasteiger partial charge in [0, 0.05) is 27.1 Å². The van der Waals surface area contributed by atoms with Gasteiger partial charge in [-0.3, -0.25) is 4.79 Å². The number of hydroxylamine groups is 2. The quantitative estimate of drug-likeness (QED) is 0.535. The molecule has 3 rings (SSSR count). The molecule has 1 heterocycles. The summed E-state index contributed by atoms with van der Waals surface area (Å²) >= 11 is 0. The lowest BCUT2D eigenvalue weighted by molar-refractivity contribution is -0.248. The minimum Gasteiger partial charge on any atom is -0.360 e. The lowest BCUT2D eigenvalue weighted by Crippen LogP contribution is -2.53. The molecule has 1 aliphatic rings. The number of piperidine rings is 1. The number of nitrogens with zero attached hydrogens (tertiary/aromatic N) is 3. The molecular weight excluding hydrogens is 525 g/mol. The summed E-state index contributed by atoms with van der Waals surface area (Å²) in [6.07, 6.45) is -3.90. The summed E-state index contributed by atoms with van der Waals surface area (Å²) in [5.74, 6) is -3.11. The first kappa shape index (κ1) is 29.1. The molecule has 0 saturated carbocycles. The Labute approximate surface area is 218 Å². The molecule has 1 N–H and O–H groups in total. The van der Waals surface area contributed by atoms with Crippen molar-refractivity contribution < 1.29 is 36.0 Å². The number of nitriles is 1. The van der Waals surface area contributed by atoms with Crippen LogP contribution >= 0.6 is 0 Å². The van der Waals surface area contributed by atoms with Crippen molar-refractivity contribution in [3.05, 3.63) is 54.1 Å². The molecule has 9 nitrogen and oxygen atoms in total. The summed E-state index contributed by atoms with van der Waals surface area (Å²) in [6, 6.07) is 13.3. The minimum absolute atomic E-state index is 0.0321. The van der Waals surface area contributed by atoms with Crippen molar-refractivity contribution in [2.45, 2.75) is 48.8 Å². The predicted octanol–water partition coefficient (Wildman–Crippen LogP) is 3.03. The Morgan fingerprint density at radius 3 is 2.45 bits per heavy atom. The average Bonchev–Trinajstić information content (AvgIpc) is 2.88. The molecule has 13 heteroatoms. The van der Waals surface area contributed by atoms with Gasteiger partial charge in [0.2, 0.25) is 15.9 Å². The lowest BCUT2D eigenvalue weighted by Gasteiger charge is -2.33.